The van der Waals surface area contributed by atoms with E-state index in [0.29, 0.717) is 25.7 Å². The average molecular weight is 817 g/mol. The SMILES string of the molecule is CC/C=C\C/C=C\CC(O)/C=C/C=C\C/C=C\C/C=C\CCC(=O)OC[C@H](COP(=O)(O)O)OC(=O)CCCCCCCCCCC/C=C\C/C=C\CCCCC. The summed E-state index contributed by atoms with van der Waals surface area (Å²) in [7, 11) is -4.79. The molecule has 9 nitrogen and oxygen atoms in total. The lowest BCUT2D eigenvalue weighted by atomic mass is 10.1. The molecule has 0 aliphatic rings. The molecule has 0 aromatic carbocycles. The Morgan fingerprint density at radius 1 is 0.561 bits per heavy atom. The van der Waals surface area contributed by atoms with E-state index in [2.05, 4.69) is 60.9 Å². The van der Waals surface area contributed by atoms with Crippen molar-refractivity contribution in [3.05, 3.63) is 97.2 Å². The van der Waals surface area contributed by atoms with Crippen molar-refractivity contribution in [2.45, 2.75) is 174 Å². The highest BCUT2D eigenvalue weighted by Gasteiger charge is 2.22. The second kappa shape index (κ2) is 41.1. The van der Waals surface area contributed by atoms with Gasteiger partial charge < -0.3 is 24.4 Å². The van der Waals surface area contributed by atoms with Crippen LogP contribution in [0.25, 0.3) is 0 Å². The van der Waals surface area contributed by atoms with E-state index in [1.807, 2.05) is 48.6 Å². The maximum atomic E-state index is 12.4. The summed E-state index contributed by atoms with van der Waals surface area (Å²) in [6.07, 6.45) is 53.1. The molecule has 0 heterocycles. The number of ether oxygens (including phenoxy) is 2. The second-order valence-electron chi connectivity index (χ2n) is 14.1. The predicted octanol–water partition coefficient (Wildman–Crippen LogP) is 12.4. The third-order valence-corrected chi connectivity index (χ3v) is 9.17. The highest BCUT2D eigenvalue weighted by atomic mass is 31.2. The first-order valence-electron chi connectivity index (χ1n) is 21.6. The molecule has 324 valence electrons. The number of hydrogen-bond acceptors (Lipinski definition) is 7. The van der Waals surface area contributed by atoms with Crippen molar-refractivity contribution in [2.24, 2.45) is 0 Å². The summed E-state index contributed by atoms with van der Waals surface area (Å²) in [5, 5.41) is 9.97. The molecule has 2 atom stereocenters. The Labute approximate surface area is 346 Å². The summed E-state index contributed by atoms with van der Waals surface area (Å²) in [4.78, 5) is 42.9. The van der Waals surface area contributed by atoms with Gasteiger partial charge in [0.05, 0.1) is 12.7 Å². The number of carbonyl (C=O) groups is 2. The zero-order valence-corrected chi connectivity index (χ0v) is 36.2. The lowest BCUT2D eigenvalue weighted by Crippen LogP contribution is -2.29. The zero-order chi connectivity index (χ0) is 41.9. The van der Waals surface area contributed by atoms with Crippen LogP contribution in [-0.4, -0.2) is 52.3 Å². The van der Waals surface area contributed by atoms with Crippen molar-refractivity contribution < 1.29 is 43.0 Å². The maximum absolute atomic E-state index is 12.4. The number of aliphatic hydroxyl groups is 1. The highest BCUT2D eigenvalue weighted by Crippen LogP contribution is 2.36. The Morgan fingerprint density at radius 3 is 1.70 bits per heavy atom. The first-order chi connectivity index (χ1) is 27.7. The summed E-state index contributed by atoms with van der Waals surface area (Å²) < 4.78 is 26.3. The highest BCUT2D eigenvalue weighted by molar-refractivity contribution is 7.46. The Hall–Kier alpha value is -3.07. The number of esters is 2. The predicted molar refractivity (Wildman–Crippen MR) is 236 cm³/mol. The topological polar surface area (TPSA) is 140 Å². The van der Waals surface area contributed by atoms with Crippen LogP contribution in [0.4, 0.5) is 0 Å². The van der Waals surface area contributed by atoms with Crippen LogP contribution in [0.1, 0.15) is 162 Å². The zero-order valence-electron chi connectivity index (χ0n) is 35.3. The van der Waals surface area contributed by atoms with Crippen LogP contribution in [-0.2, 0) is 28.2 Å². The molecule has 0 aromatic heterocycles. The van der Waals surface area contributed by atoms with E-state index < -0.39 is 38.6 Å². The molecule has 0 saturated carbocycles. The molecule has 0 spiro atoms. The van der Waals surface area contributed by atoms with Crippen LogP contribution in [0, 0.1) is 0 Å². The number of carbonyl (C=O) groups excluding carboxylic acids is 2. The molecular formula is C47H77O9P. The monoisotopic (exact) mass is 817 g/mol. The first kappa shape index (κ1) is 53.9. The van der Waals surface area contributed by atoms with Gasteiger partial charge in [-0.2, -0.15) is 0 Å². The van der Waals surface area contributed by atoms with Crippen LogP contribution >= 0.6 is 7.82 Å². The largest absolute Gasteiger partial charge is 0.469 e. The van der Waals surface area contributed by atoms with E-state index >= 15 is 0 Å². The summed E-state index contributed by atoms with van der Waals surface area (Å²) in [6.45, 7) is 3.41. The van der Waals surface area contributed by atoms with Crippen LogP contribution < -0.4 is 0 Å². The minimum Gasteiger partial charge on any atom is -0.462 e. The maximum Gasteiger partial charge on any atom is 0.469 e. The van der Waals surface area contributed by atoms with Crippen molar-refractivity contribution in [2.75, 3.05) is 13.2 Å². The van der Waals surface area contributed by atoms with E-state index in [1.54, 1.807) is 6.08 Å². The molecule has 0 radical (unpaired) electrons. The van der Waals surface area contributed by atoms with E-state index in [9.17, 15) is 19.3 Å². The van der Waals surface area contributed by atoms with Crippen molar-refractivity contribution in [1.29, 1.82) is 0 Å². The third kappa shape index (κ3) is 43.9. The lowest BCUT2D eigenvalue weighted by Gasteiger charge is -2.18. The van der Waals surface area contributed by atoms with Crippen molar-refractivity contribution in [1.82, 2.24) is 0 Å². The smallest absolute Gasteiger partial charge is 0.462 e. The van der Waals surface area contributed by atoms with Crippen LogP contribution in [0.3, 0.4) is 0 Å². The van der Waals surface area contributed by atoms with E-state index in [1.165, 1.54) is 57.8 Å². The minimum absolute atomic E-state index is 0.113. The van der Waals surface area contributed by atoms with Gasteiger partial charge in [0.2, 0.25) is 0 Å². The number of allylic oxidation sites excluding steroid dienone is 14. The fourth-order valence-electron chi connectivity index (χ4n) is 5.45. The van der Waals surface area contributed by atoms with E-state index in [0.717, 1.165) is 51.4 Å². The molecule has 0 rings (SSSR count). The fourth-order valence-corrected chi connectivity index (χ4v) is 5.81. The lowest BCUT2D eigenvalue weighted by molar-refractivity contribution is -0.161. The molecule has 0 fully saturated rings. The van der Waals surface area contributed by atoms with Gasteiger partial charge in [0, 0.05) is 12.8 Å². The Balaban J connectivity index is 4.11. The molecule has 0 saturated heterocycles. The molecule has 0 bridgehead atoms. The van der Waals surface area contributed by atoms with Crippen LogP contribution in [0.15, 0.2) is 97.2 Å². The van der Waals surface area contributed by atoms with Gasteiger partial charge in [-0.05, 0) is 77.0 Å². The Morgan fingerprint density at radius 2 is 1.09 bits per heavy atom. The summed E-state index contributed by atoms with van der Waals surface area (Å²) in [5.74, 6) is -1.03. The summed E-state index contributed by atoms with van der Waals surface area (Å²) in [5.41, 5.74) is 0. The van der Waals surface area contributed by atoms with Crippen LogP contribution in [0.2, 0.25) is 0 Å². The molecule has 3 N–H and O–H groups in total. The second-order valence-corrected chi connectivity index (χ2v) is 15.4. The number of hydrogen-bond donors (Lipinski definition) is 3. The molecule has 0 aliphatic heterocycles. The molecule has 1 unspecified atom stereocenters. The molecule has 0 aromatic rings. The molecule has 10 heteroatoms. The molecule has 0 amide bonds. The number of phosphoric ester groups is 1. The van der Waals surface area contributed by atoms with Crippen molar-refractivity contribution >= 4 is 19.8 Å². The number of aliphatic hydroxyl groups excluding tert-OH is 1. The first-order valence-corrected chi connectivity index (χ1v) is 23.2. The van der Waals surface area contributed by atoms with Crippen molar-refractivity contribution in [3.63, 3.8) is 0 Å². The van der Waals surface area contributed by atoms with Gasteiger partial charge in [0.1, 0.15) is 6.61 Å². The van der Waals surface area contributed by atoms with Crippen molar-refractivity contribution in [3.8, 4) is 0 Å². The van der Waals surface area contributed by atoms with Gasteiger partial charge in [-0.3, -0.25) is 14.1 Å². The number of rotatable bonds is 38. The van der Waals surface area contributed by atoms with Gasteiger partial charge in [0.25, 0.3) is 0 Å². The standard InChI is InChI=1S/C47H77O9P/c1-3-5-7-9-11-12-13-14-15-16-17-18-19-20-21-26-29-33-37-41-47(50)56-45(43-55-57(51,52)53)42-54-46(49)40-36-32-28-25-23-22-24-27-31-35-39-44(48)38-34-30-10-8-6-4-2/h6,8,11-12,14-15,22-23,27-28,30-32,34-35,39,44-45,48H,3-5,7,9-10,13,16-21,24-26,29,33,36-38,40-43H2,1-2H3,(H2,51,52,53)/b8-6-,12-11-,15-14-,23-22-,31-27-,32-28-,34-30-,39-35+/t44?,45-/m1/s1. The van der Waals surface area contributed by atoms with E-state index in [4.69, 9.17) is 19.3 Å². The molecular weight excluding hydrogens is 739 g/mol. The van der Waals surface area contributed by atoms with Gasteiger partial charge in [0.15, 0.2) is 6.10 Å². The van der Waals surface area contributed by atoms with Gasteiger partial charge in [-0.25, -0.2) is 4.57 Å². The van der Waals surface area contributed by atoms with Gasteiger partial charge >= 0.3 is 19.8 Å². The fraction of sp³-hybridized carbons (Fsp3) is 0.617. The Kier molecular flexibility index (Phi) is 38.9. The van der Waals surface area contributed by atoms with Crippen LogP contribution in [0.5, 0.6) is 0 Å². The quantitative estimate of drug-likeness (QED) is 0.0183. The number of phosphoric acid groups is 1. The van der Waals surface area contributed by atoms with E-state index in [-0.39, 0.29) is 19.4 Å². The third-order valence-electron chi connectivity index (χ3n) is 8.68. The van der Waals surface area contributed by atoms with Gasteiger partial charge in [-0.15, -0.1) is 0 Å². The average Bonchev–Trinajstić information content (AvgIpc) is 3.18. The normalized spacial score (nSPS) is 14.0. The summed E-state index contributed by atoms with van der Waals surface area (Å²) in [6, 6.07) is 0. The summed E-state index contributed by atoms with van der Waals surface area (Å²) >= 11 is 0. The Bertz CT molecular complexity index is 1260. The minimum atomic E-state index is -4.79. The molecule has 0 aliphatic carbocycles. The van der Waals surface area contributed by atoms with Gasteiger partial charge in [-0.1, -0.05) is 169 Å². The number of unbranched alkanes of at least 4 members (excludes halogenated alkanes) is 12. The molecule has 57 heavy (non-hydrogen) atoms.